The maximum atomic E-state index is 12.1. The number of hydrogen-bond acceptors (Lipinski definition) is 3. The highest BCUT2D eigenvalue weighted by molar-refractivity contribution is 5.76. The summed E-state index contributed by atoms with van der Waals surface area (Å²) < 4.78 is 7.32. The van der Waals surface area contributed by atoms with Crippen molar-refractivity contribution in [2.75, 3.05) is 6.54 Å². The van der Waals surface area contributed by atoms with Gasteiger partial charge >= 0.3 is 0 Å². The van der Waals surface area contributed by atoms with Gasteiger partial charge < -0.3 is 9.73 Å². The van der Waals surface area contributed by atoms with Crippen LogP contribution in [0.5, 0.6) is 0 Å². The van der Waals surface area contributed by atoms with Crippen molar-refractivity contribution in [1.82, 2.24) is 15.1 Å². The van der Waals surface area contributed by atoms with E-state index in [4.69, 9.17) is 4.42 Å². The summed E-state index contributed by atoms with van der Waals surface area (Å²) in [5, 5.41) is 7.15. The van der Waals surface area contributed by atoms with E-state index >= 15 is 0 Å². The number of nitrogens with zero attached hydrogens (tertiary/aromatic N) is 2. The first kappa shape index (κ1) is 15.4. The number of carbonyl (C=O) groups excluding carboxylic acids is 1. The van der Waals surface area contributed by atoms with E-state index in [-0.39, 0.29) is 11.8 Å². The van der Waals surface area contributed by atoms with Gasteiger partial charge in [-0.2, -0.15) is 5.10 Å². The second-order valence-electron chi connectivity index (χ2n) is 5.62. The van der Waals surface area contributed by atoms with Crippen LogP contribution in [0, 0.1) is 12.8 Å². The van der Waals surface area contributed by atoms with Crippen LogP contribution < -0.4 is 5.32 Å². The van der Waals surface area contributed by atoms with Crippen molar-refractivity contribution in [3.63, 3.8) is 0 Å². The van der Waals surface area contributed by atoms with Crippen molar-refractivity contribution in [3.8, 4) is 0 Å². The molecule has 0 bridgehead atoms. The van der Waals surface area contributed by atoms with Gasteiger partial charge in [-0.3, -0.25) is 9.48 Å². The van der Waals surface area contributed by atoms with Crippen molar-refractivity contribution >= 4 is 5.91 Å². The van der Waals surface area contributed by atoms with Crippen LogP contribution in [0.4, 0.5) is 0 Å². The molecule has 0 fully saturated rings. The molecule has 5 nitrogen and oxygen atoms in total. The predicted octanol–water partition coefficient (Wildman–Crippen LogP) is 2.73. The second kappa shape index (κ2) is 7.11. The molecule has 0 saturated carbocycles. The van der Waals surface area contributed by atoms with Crippen LogP contribution in [-0.4, -0.2) is 22.2 Å². The topological polar surface area (TPSA) is 60.1 Å². The summed E-state index contributed by atoms with van der Waals surface area (Å²) in [6, 6.07) is 5.75. The molecule has 0 aliphatic rings. The average molecular weight is 289 g/mol. The zero-order chi connectivity index (χ0) is 15.2. The van der Waals surface area contributed by atoms with Crippen LogP contribution in [0.15, 0.2) is 35.1 Å². The van der Waals surface area contributed by atoms with Crippen LogP contribution in [0.1, 0.15) is 37.6 Å². The molecule has 2 heterocycles. The van der Waals surface area contributed by atoms with Crippen molar-refractivity contribution in [1.29, 1.82) is 0 Å². The number of aryl methyl sites for hydroxylation is 1. The SMILES string of the molecule is Cc1ccnn1CCNC(=O)C[C@@H](c1ccco1)C(C)C. The van der Waals surface area contributed by atoms with E-state index in [2.05, 4.69) is 24.3 Å². The lowest BCUT2D eigenvalue weighted by Crippen LogP contribution is -2.29. The lowest BCUT2D eigenvalue weighted by molar-refractivity contribution is -0.121. The number of aromatic nitrogens is 2. The molecule has 1 amide bonds. The average Bonchev–Trinajstić information content (AvgIpc) is 3.08. The molecular weight excluding hydrogens is 266 g/mol. The summed E-state index contributed by atoms with van der Waals surface area (Å²) in [5.41, 5.74) is 1.10. The van der Waals surface area contributed by atoms with Gasteiger partial charge in [0.05, 0.1) is 12.8 Å². The number of amides is 1. The Morgan fingerprint density at radius 1 is 1.43 bits per heavy atom. The third kappa shape index (κ3) is 4.21. The van der Waals surface area contributed by atoms with Gasteiger partial charge in [0.2, 0.25) is 5.91 Å². The van der Waals surface area contributed by atoms with Gasteiger partial charge in [-0.15, -0.1) is 0 Å². The zero-order valence-electron chi connectivity index (χ0n) is 12.9. The second-order valence-corrected chi connectivity index (χ2v) is 5.62. The first-order valence-corrected chi connectivity index (χ1v) is 7.36. The third-order valence-corrected chi connectivity index (χ3v) is 3.69. The Morgan fingerprint density at radius 2 is 2.24 bits per heavy atom. The molecule has 114 valence electrons. The summed E-state index contributed by atoms with van der Waals surface area (Å²) in [6.45, 7) is 7.49. The fourth-order valence-electron chi connectivity index (χ4n) is 2.37. The minimum atomic E-state index is 0.0508. The van der Waals surface area contributed by atoms with E-state index in [9.17, 15) is 4.79 Å². The molecule has 2 rings (SSSR count). The monoisotopic (exact) mass is 289 g/mol. The van der Waals surface area contributed by atoms with Gasteiger partial charge in [-0.25, -0.2) is 0 Å². The maximum absolute atomic E-state index is 12.1. The van der Waals surface area contributed by atoms with Crippen LogP contribution >= 0.6 is 0 Å². The van der Waals surface area contributed by atoms with Crippen LogP contribution in [0.25, 0.3) is 0 Å². The van der Waals surface area contributed by atoms with E-state index in [1.165, 1.54) is 0 Å². The van der Waals surface area contributed by atoms with Crippen LogP contribution in [0.2, 0.25) is 0 Å². The van der Waals surface area contributed by atoms with Crippen molar-refractivity contribution in [2.45, 2.75) is 39.7 Å². The smallest absolute Gasteiger partial charge is 0.220 e. The Hall–Kier alpha value is -2.04. The van der Waals surface area contributed by atoms with Gasteiger partial charge in [0, 0.05) is 30.8 Å². The number of carbonyl (C=O) groups is 1. The van der Waals surface area contributed by atoms with Gasteiger partial charge in [0.25, 0.3) is 0 Å². The minimum Gasteiger partial charge on any atom is -0.469 e. The van der Waals surface area contributed by atoms with Crippen molar-refractivity contribution < 1.29 is 9.21 Å². The van der Waals surface area contributed by atoms with Crippen LogP contribution in [-0.2, 0) is 11.3 Å². The number of rotatable bonds is 7. The minimum absolute atomic E-state index is 0.0508. The Bertz CT molecular complexity index is 558. The largest absolute Gasteiger partial charge is 0.469 e. The Morgan fingerprint density at radius 3 is 2.81 bits per heavy atom. The van der Waals surface area contributed by atoms with E-state index in [1.54, 1.807) is 12.5 Å². The number of nitrogens with one attached hydrogen (secondary N) is 1. The molecule has 0 aromatic carbocycles. The molecule has 0 unspecified atom stereocenters. The maximum Gasteiger partial charge on any atom is 0.220 e. The summed E-state index contributed by atoms with van der Waals surface area (Å²) in [4.78, 5) is 12.1. The lowest BCUT2D eigenvalue weighted by Gasteiger charge is -2.18. The van der Waals surface area contributed by atoms with Crippen LogP contribution in [0.3, 0.4) is 0 Å². The zero-order valence-corrected chi connectivity index (χ0v) is 12.9. The molecule has 2 aromatic heterocycles. The molecular formula is C16H23N3O2. The standard InChI is InChI=1S/C16H23N3O2/c1-12(2)14(15-5-4-10-21-15)11-16(20)17-8-9-19-13(3)6-7-18-19/h4-7,10,12,14H,8-9,11H2,1-3H3,(H,17,20)/t14-/m1/s1. The molecule has 5 heteroatoms. The number of hydrogen-bond donors (Lipinski definition) is 1. The predicted molar refractivity (Wildman–Crippen MR) is 80.9 cm³/mol. The quantitative estimate of drug-likeness (QED) is 0.852. The number of furan rings is 1. The lowest BCUT2D eigenvalue weighted by atomic mass is 9.90. The highest BCUT2D eigenvalue weighted by atomic mass is 16.3. The molecule has 1 atom stereocenters. The normalized spacial score (nSPS) is 12.6. The summed E-state index contributed by atoms with van der Waals surface area (Å²) in [7, 11) is 0. The molecule has 0 radical (unpaired) electrons. The first-order chi connectivity index (χ1) is 10.1. The van der Waals surface area contributed by atoms with Crippen molar-refractivity contribution in [2.24, 2.45) is 5.92 Å². The van der Waals surface area contributed by atoms with Gasteiger partial charge in [-0.1, -0.05) is 13.8 Å². The van der Waals surface area contributed by atoms with E-state index in [0.29, 0.717) is 25.4 Å². The van der Waals surface area contributed by atoms with Gasteiger partial charge in [-0.05, 0) is 31.0 Å². The molecule has 0 saturated heterocycles. The molecule has 21 heavy (non-hydrogen) atoms. The Kier molecular flexibility index (Phi) is 5.20. The van der Waals surface area contributed by atoms with Crippen molar-refractivity contribution in [3.05, 3.63) is 42.1 Å². The van der Waals surface area contributed by atoms with E-state index in [0.717, 1.165) is 11.5 Å². The molecule has 0 aliphatic carbocycles. The summed E-state index contributed by atoms with van der Waals surface area (Å²) >= 11 is 0. The fourth-order valence-corrected chi connectivity index (χ4v) is 2.37. The molecule has 1 N–H and O–H groups in total. The molecule has 0 aliphatic heterocycles. The fraction of sp³-hybridized carbons (Fsp3) is 0.500. The van der Waals surface area contributed by atoms with Gasteiger partial charge in [0.15, 0.2) is 0 Å². The Balaban J connectivity index is 1.81. The highest BCUT2D eigenvalue weighted by Gasteiger charge is 2.21. The third-order valence-electron chi connectivity index (χ3n) is 3.69. The van der Waals surface area contributed by atoms with E-state index in [1.807, 2.05) is 29.8 Å². The van der Waals surface area contributed by atoms with Gasteiger partial charge in [0.1, 0.15) is 5.76 Å². The highest BCUT2D eigenvalue weighted by Crippen LogP contribution is 2.27. The van der Waals surface area contributed by atoms with E-state index < -0.39 is 0 Å². The first-order valence-electron chi connectivity index (χ1n) is 7.36. The summed E-state index contributed by atoms with van der Waals surface area (Å²) in [5.74, 6) is 1.40. The molecule has 2 aromatic rings. The summed E-state index contributed by atoms with van der Waals surface area (Å²) in [6.07, 6.45) is 3.87. The molecule has 0 spiro atoms. The Labute approximate surface area is 125 Å².